The lowest BCUT2D eigenvalue weighted by Gasteiger charge is -2.64. The Morgan fingerprint density at radius 1 is 1.15 bits per heavy atom. The number of aryl methyl sites for hydroxylation is 1. The number of allylic oxidation sites excluding steroid dienone is 1. The van der Waals surface area contributed by atoms with Crippen molar-refractivity contribution < 1.29 is 32.3 Å². The number of carbonyl (C=O) groups is 1. The summed E-state index contributed by atoms with van der Waals surface area (Å²) in [7, 11) is 0. The zero-order valence-corrected chi connectivity index (χ0v) is 23.0. The molecule has 0 bridgehead atoms. The number of nitrogens with one attached hydrogen (secondary N) is 1. The molecule has 4 aliphatic rings. The molecule has 3 heterocycles. The van der Waals surface area contributed by atoms with Crippen LogP contribution in [0.15, 0.2) is 46.6 Å². The summed E-state index contributed by atoms with van der Waals surface area (Å²) in [6.45, 7) is 6.59. The topological polar surface area (TPSA) is 109 Å². The van der Waals surface area contributed by atoms with Crippen LogP contribution in [0.5, 0.6) is 5.88 Å². The van der Waals surface area contributed by atoms with Crippen molar-refractivity contribution in [3.8, 4) is 17.3 Å². The lowest BCUT2D eigenvalue weighted by atomic mass is 9.42. The van der Waals surface area contributed by atoms with Crippen molar-refractivity contribution in [1.29, 1.82) is 0 Å². The lowest BCUT2D eigenvalue weighted by Crippen LogP contribution is -2.71. The minimum Gasteiger partial charge on any atom is -0.468 e. The van der Waals surface area contributed by atoms with Crippen LogP contribution in [0.1, 0.15) is 45.4 Å². The van der Waals surface area contributed by atoms with Gasteiger partial charge in [0.2, 0.25) is 5.82 Å². The normalized spacial score (nSPS) is 29.0. The number of hydrogen-bond acceptors (Lipinski definition) is 9. The van der Waals surface area contributed by atoms with E-state index in [0.717, 1.165) is 12.8 Å². The van der Waals surface area contributed by atoms with Gasteiger partial charge in [-0.2, -0.15) is 9.37 Å². The molecule has 2 saturated carbocycles. The summed E-state index contributed by atoms with van der Waals surface area (Å²) < 4.78 is 53.8. The number of ether oxygens (including phenoxy) is 3. The van der Waals surface area contributed by atoms with E-state index >= 15 is 4.39 Å². The maximum absolute atomic E-state index is 15.8. The number of nitrogens with zero attached hydrogens (tertiary/aromatic N) is 3. The third kappa shape index (κ3) is 4.20. The van der Waals surface area contributed by atoms with Crippen molar-refractivity contribution >= 4 is 17.3 Å². The minimum absolute atomic E-state index is 0.00547. The number of anilines is 2. The summed E-state index contributed by atoms with van der Waals surface area (Å²) >= 11 is 0. The molecule has 7 rings (SSSR count). The van der Waals surface area contributed by atoms with Gasteiger partial charge in [-0.15, -0.1) is 0 Å². The molecule has 11 heteroatoms. The van der Waals surface area contributed by atoms with Gasteiger partial charge in [0, 0.05) is 34.6 Å². The predicted octanol–water partition coefficient (Wildman–Crippen LogP) is 5.68. The molecule has 9 nitrogen and oxygen atoms in total. The third-order valence-corrected chi connectivity index (χ3v) is 9.32. The van der Waals surface area contributed by atoms with Crippen LogP contribution in [-0.2, 0) is 14.3 Å². The van der Waals surface area contributed by atoms with Gasteiger partial charge >= 0.3 is 5.97 Å². The number of benzene rings is 1. The maximum Gasteiger partial charge on any atom is 0.334 e. The van der Waals surface area contributed by atoms with Gasteiger partial charge in [-0.3, -0.25) is 0 Å². The second-order valence-corrected chi connectivity index (χ2v) is 12.1. The highest BCUT2D eigenvalue weighted by molar-refractivity contribution is 5.89. The van der Waals surface area contributed by atoms with E-state index in [1.165, 1.54) is 24.4 Å². The van der Waals surface area contributed by atoms with Crippen molar-refractivity contribution in [2.75, 3.05) is 18.5 Å². The first kappa shape index (κ1) is 26.1. The molecule has 1 aliphatic heterocycles. The molecule has 1 N–H and O–H groups in total. The fourth-order valence-electron chi connectivity index (χ4n) is 6.78. The third-order valence-electron chi connectivity index (χ3n) is 9.32. The Hall–Kier alpha value is -3.86. The highest BCUT2D eigenvalue weighted by atomic mass is 19.1. The predicted molar refractivity (Wildman–Crippen MR) is 142 cm³/mol. The van der Waals surface area contributed by atoms with E-state index < -0.39 is 17.2 Å². The van der Waals surface area contributed by atoms with Crippen LogP contribution in [0.25, 0.3) is 11.5 Å². The van der Waals surface area contributed by atoms with Crippen LogP contribution in [0.2, 0.25) is 0 Å². The maximum atomic E-state index is 15.8. The molecular formula is C30H30F2N4O5. The van der Waals surface area contributed by atoms with Gasteiger partial charge in [0.1, 0.15) is 17.0 Å². The Bertz CT molecular complexity index is 1590. The van der Waals surface area contributed by atoms with E-state index in [2.05, 4.69) is 20.4 Å². The smallest absolute Gasteiger partial charge is 0.334 e. The summed E-state index contributed by atoms with van der Waals surface area (Å²) in [5.41, 5.74) is -0.243. The Kier molecular flexibility index (Phi) is 5.77. The molecule has 4 atom stereocenters. The van der Waals surface area contributed by atoms with Crippen molar-refractivity contribution in [3.63, 3.8) is 0 Å². The van der Waals surface area contributed by atoms with Gasteiger partial charge in [-0.05, 0) is 70.7 Å². The molecule has 0 amide bonds. The van der Waals surface area contributed by atoms with E-state index in [-0.39, 0.29) is 52.0 Å². The Morgan fingerprint density at radius 3 is 2.71 bits per heavy atom. The van der Waals surface area contributed by atoms with E-state index in [1.807, 2.05) is 19.9 Å². The molecule has 1 aromatic carbocycles. The molecule has 2 aromatic heterocycles. The van der Waals surface area contributed by atoms with Gasteiger partial charge < -0.3 is 24.1 Å². The largest absolute Gasteiger partial charge is 0.468 e. The first-order chi connectivity index (χ1) is 19.6. The zero-order valence-electron chi connectivity index (χ0n) is 23.0. The van der Waals surface area contributed by atoms with Gasteiger partial charge in [0.25, 0.3) is 11.8 Å². The van der Waals surface area contributed by atoms with Crippen LogP contribution >= 0.6 is 0 Å². The summed E-state index contributed by atoms with van der Waals surface area (Å²) in [4.78, 5) is 21.2. The van der Waals surface area contributed by atoms with Crippen LogP contribution in [0.4, 0.5) is 20.2 Å². The molecule has 3 aliphatic carbocycles. The van der Waals surface area contributed by atoms with Crippen molar-refractivity contribution in [2.45, 2.75) is 57.7 Å². The molecule has 4 unspecified atom stereocenters. The lowest BCUT2D eigenvalue weighted by molar-refractivity contribution is -0.210. The van der Waals surface area contributed by atoms with E-state index in [1.54, 1.807) is 13.0 Å². The average Bonchev–Trinajstić information content (AvgIpc) is 3.32. The first-order valence-electron chi connectivity index (χ1n) is 13.8. The number of rotatable bonds is 7. The number of pyridine rings is 1. The van der Waals surface area contributed by atoms with Gasteiger partial charge in [-0.1, -0.05) is 11.2 Å². The average molecular weight is 565 g/mol. The van der Waals surface area contributed by atoms with Crippen LogP contribution in [-0.4, -0.2) is 45.5 Å². The molecule has 1 saturated heterocycles. The summed E-state index contributed by atoms with van der Waals surface area (Å²) in [6, 6.07) is 5.73. The standard InChI is InChI=1S/C30H30F2N4O5/c1-16-34-25(41-36-16)17-4-5-20(19(31)12-17)35-21-7-11-33-26(24(21)32)39-29(3)22-13-18(27(37)40-28(2)9-10-28)6-8-30(22)15-38-14-23(29)30/h4-7,11-12,22-23H,8-10,13-15H2,1-3H3,(H,33,35). The molecule has 1 spiro atoms. The monoisotopic (exact) mass is 564 g/mol. The van der Waals surface area contributed by atoms with Crippen LogP contribution < -0.4 is 10.1 Å². The molecule has 0 radical (unpaired) electrons. The molecule has 41 heavy (non-hydrogen) atoms. The fourth-order valence-corrected chi connectivity index (χ4v) is 6.78. The number of carbonyl (C=O) groups excluding carboxylic acids is 1. The van der Waals surface area contributed by atoms with Crippen LogP contribution in [0.3, 0.4) is 0 Å². The van der Waals surface area contributed by atoms with Gasteiger partial charge in [-0.25, -0.2) is 14.2 Å². The highest BCUT2D eigenvalue weighted by Crippen LogP contribution is 2.68. The SMILES string of the molecule is Cc1noc(-c2ccc(Nc3ccnc(OC4(C)C5COCC56CC=C(C(=O)OC5(C)CC5)CC64)c3F)c(F)c2)n1. The van der Waals surface area contributed by atoms with Crippen LogP contribution in [0, 0.1) is 35.8 Å². The number of esters is 1. The molecule has 3 aromatic rings. The second-order valence-electron chi connectivity index (χ2n) is 12.1. The molecule has 214 valence electrons. The van der Waals surface area contributed by atoms with Gasteiger partial charge in [0.05, 0.1) is 24.6 Å². The van der Waals surface area contributed by atoms with Crippen molar-refractivity contribution in [3.05, 3.63) is 59.6 Å². The number of aromatic nitrogens is 3. The Morgan fingerprint density at radius 2 is 1.98 bits per heavy atom. The quantitative estimate of drug-likeness (QED) is 0.363. The minimum atomic E-state index is -0.818. The van der Waals surface area contributed by atoms with Crippen molar-refractivity contribution in [2.24, 2.45) is 17.3 Å². The Balaban J connectivity index is 1.11. The number of halogens is 2. The van der Waals surface area contributed by atoms with Crippen molar-refractivity contribution in [1.82, 2.24) is 15.1 Å². The molecular weight excluding hydrogens is 534 g/mol. The fraction of sp³-hybridized carbons (Fsp3) is 0.467. The highest BCUT2D eigenvalue weighted by Gasteiger charge is 2.73. The summed E-state index contributed by atoms with van der Waals surface area (Å²) in [5, 5.41) is 6.53. The second kappa shape index (κ2) is 9.07. The first-order valence-corrected chi connectivity index (χ1v) is 13.8. The summed E-state index contributed by atoms with van der Waals surface area (Å²) in [6.07, 6.45) is 6.28. The van der Waals surface area contributed by atoms with E-state index in [4.69, 9.17) is 18.7 Å². The van der Waals surface area contributed by atoms with E-state index in [0.29, 0.717) is 43.0 Å². The molecule has 3 fully saturated rings. The van der Waals surface area contributed by atoms with E-state index in [9.17, 15) is 9.18 Å². The number of hydrogen-bond donors (Lipinski definition) is 1. The zero-order chi connectivity index (χ0) is 28.6. The van der Waals surface area contributed by atoms with Gasteiger partial charge in [0.15, 0.2) is 5.82 Å². The Labute approximate surface area is 235 Å². The summed E-state index contributed by atoms with van der Waals surface area (Å²) in [5.74, 6) is -1.30.